The van der Waals surface area contributed by atoms with Gasteiger partial charge in [-0.3, -0.25) is 0 Å². The van der Waals surface area contributed by atoms with Crippen molar-refractivity contribution in [1.29, 1.82) is 0 Å². The zero-order valence-electron chi connectivity index (χ0n) is 17.7. The molecule has 0 radical (unpaired) electrons. The molecule has 2 heterocycles. The lowest BCUT2D eigenvalue weighted by molar-refractivity contribution is 0.0157. The molecule has 1 saturated heterocycles. The Labute approximate surface area is 183 Å². The van der Waals surface area contributed by atoms with Gasteiger partial charge in [-0.25, -0.2) is 18.1 Å². The standard InChI is InChI=1S/C22H31N3O3S2/c1-16-22(29-15-23-16)25-13-12-20(24-30(2,26)27)21(25)14-28-19-10-8-18(9-11-19)17-6-4-3-5-7-17/h3-7,15,18-21,24H,8-14H2,1-2H3/t18?,19?,20-,21-/m0/s1. The van der Waals surface area contributed by atoms with Crippen LogP contribution in [0.5, 0.6) is 0 Å². The summed E-state index contributed by atoms with van der Waals surface area (Å²) in [6.07, 6.45) is 6.64. The van der Waals surface area contributed by atoms with E-state index in [1.807, 2.05) is 12.4 Å². The third-order valence-corrected chi connectivity index (χ3v) is 8.04. The van der Waals surface area contributed by atoms with Gasteiger partial charge in [0.1, 0.15) is 5.00 Å². The Morgan fingerprint density at radius 1 is 1.17 bits per heavy atom. The molecule has 0 unspecified atom stereocenters. The molecule has 0 bridgehead atoms. The lowest BCUT2D eigenvalue weighted by Gasteiger charge is -2.33. The van der Waals surface area contributed by atoms with Crippen LogP contribution in [0, 0.1) is 6.92 Å². The maximum Gasteiger partial charge on any atom is 0.209 e. The van der Waals surface area contributed by atoms with Gasteiger partial charge in [0.05, 0.1) is 36.2 Å². The first-order chi connectivity index (χ1) is 14.4. The fourth-order valence-electron chi connectivity index (χ4n) is 4.82. The molecule has 2 atom stereocenters. The van der Waals surface area contributed by atoms with Crippen molar-refractivity contribution in [3.63, 3.8) is 0 Å². The molecule has 1 aromatic heterocycles. The smallest absolute Gasteiger partial charge is 0.209 e. The van der Waals surface area contributed by atoms with Crippen molar-refractivity contribution in [2.45, 2.75) is 63.1 Å². The summed E-state index contributed by atoms with van der Waals surface area (Å²) >= 11 is 1.61. The molecule has 2 fully saturated rings. The van der Waals surface area contributed by atoms with Crippen LogP contribution >= 0.6 is 11.3 Å². The monoisotopic (exact) mass is 449 g/mol. The average molecular weight is 450 g/mol. The van der Waals surface area contributed by atoms with E-state index >= 15 is 0 Å². The molecule has 164 valence electrons. The SMILES string of the molecule is Cc1ncsc1N1CC[C@H](NS(C)(=O)=O)[C@@H]1COC1CCC(c2ccccc2)CC1. The number of sulfonamides is 1. The maximum absolute atomic E-state index is 11.9. The highest BCUT2D eigenvalue weighted by atomic mass is 32.2. The number of thiazole rings is 1. The summed E-state index contributed by atoms with van der Waals surface area (Å²) in [6.45, 7) is 3.35. The van der Waals surface area contributed by atoms with E-state index in [1.165, 1.54) is 11.8 Å². The quantitative estimate of drug-likeness (QED) is 0.698. The van der Waals surface area contributed by atoms with Crippen molar-refractivity contribution < 1.29 is 13.2 Å². The summed E-state index contributed by atoms with van der Waals surface area (Å²) < 4.78 is 33.0. The summed E-state index contributed by atoms with van der Waals surface area (Å²) in [5.74, 6) is 0.619. The van der Waals surface area contributed by atoms with E-state index in [0.717, 1.165) is 49.3 Å². The number of hydrogen-bond acceptors (Lipinski definition) is 6. The largest absolute Gasteiger partial charge is 0.376 e. The number of aromatic nitrogens is 1. The van der Waals surface area contributed by atoms with Gasteiger partial charge in [0, 0.05) is 12.6 Å². The summed E-state index contributed by atoms with van der Waals surface area (Å²) in [4.78, 5) is 6.66. The van der Waals surface area contributed by atoms with E-state index in [2.05, 4.69) is 44.9 Å². The number of nitrogens with one attached hydrogen (secondary N) is 1. The van der Waals surface area contributed by atoms with Crippen LogP contribution < -0.4 is 9.62 Å². The minimum atomic E-state index is -3.27. The van der Waals surface area contributed by atoms with Crippen molar-refractivity contribution in [2.24, 2.45) is 0 Å². The average Bonchev–Trinajstić information content (AvgIpc) is 3.31. The Morgan fingerprint density at radius 2 is 1.90 bits per heavy atom. The van der Waals surface area contributed by atoms with E-state index in [0.29, 0.717) is 12.5 Å². The lowest BCUT2D eigenvalue weighted by Crippen LogP contribution is -2.48. The first-order valence-electron chi connectivity index (χ1n) is 10.7. The number of anilines is 1. The number of ether oxygens (including phenoxy) is 1. The van der Waals surface area contributed by atoms with Crippen LogP contribution in [0.25, 0.3) is 0 Å². The number of nitrogens with zero attached hydrogens (tertiary/aromatic N) is 2. The molecule has 30 heavy (non-hydrogen) atoms. The molecule has 1 aromatic carbocycles. The van der Waals surface area contributed by atoms with E-state index < -0.39 is 10.0 Å². The predicted molar refractivity (Wildman–Crippen MR) is 122 cm³/mol. The minimum absolute atomic E-state index is 0.00859. The Morgan fingerprint density at radius 3 is 2.53 bits per heavy atom. The van der Waals surface area contributed by atoms with Crippen LogP contribution in [0.15, 0.2) is 35.8 Å². The molecule has 0 spiro atoms. The molecule has 8 heteroatoms. The Hall–Kier alpha value is -1.48. The molecule has 0 amide bonds. The van der Waals surface area contributed by atoms with Crippen molar-refractivity contribution in [2.75, 3.05) is 24.3 Å². The van der Waals surface area contributed by atoms with Crippen LogP contribution in [0.4, 0.5) is 5.00 Å². The third-order valence-electron chi connectivity index (χ3n) is 6.34. The van der Waals surface area contributed by atoms with Crippen molar-refractivity contribution in [3.8, 4) is 0 Å². The summed E-state index contributed by atoms with van der Waals surface area (Å²) in [5.41, 5.74) is 4.27. The van der Waals surface area contributed by atoms with Gasteiger partial charge in [-0.05, 0) is 50.5 Å². The number of rotatable bonds is 7. The van der Waals surface area contributed by atoms with Gasteiger partial charge in [0.25, 0.3) is 0 Å². The second-order valence-corrected chi connectivity index (χ2v) is 11.1. The molecule has 2 aromatic rings. The molecule has 4 rings (SSSR count). The van der Waals surface area contributed by atoms with Crippen LogP contribution in [-0.4, -0.2) is 51.0 Å². The normalized spacial score (nSPS) is 27.5. The van der Waals surface area contributed by atoms with Gasteiger partial charge in [0.15, 0.2) is 0 Å². The van der Waals surface area contributed by atoms with E-state index in [-0.39, 0.29) is 18.2 Å². The zero-order valence-corrected chi connectivity index (χ0v) is 19.3. The first kappa shape index (κ1) is 21.7. The van der Waals surface area contributed by atoms with Crippen LogP contribution in [0.2, 0.25) is 0 Å². The van der Waals surface area contributed by atoms with Crippen molar-refractivity contribution >= 4 is 26.4 Å². The molecular formula is C22H31N3O3S2. The molecule has 1 aliphatic heterocycles. The number of benzene rings is 1. The minimum Gasteiger partial charge on any atom is -0.376 e. The van der Waals surface area contributed by atoms with Crippen LogP contribution in [0.3, 0.4) is 0 Å². The Balaban J connectivity index is 1.38. The van der Waals surface area contributed by atoms with Gasteiger partial charge in [0.2, 0.25) is 10.0 Å². The van der Waals surface area contributed by atoms with E-state index in [1.54, 1.807) is 11.3 Å². The first-order valence-corrected chi connectivity index (χ1v) is 13.5. The highest BCUT2D eigenvalue weighted by molar-refractivity contribution is 7.88. The second-order valence-electron chi connectivity index (χ2n) is 8.51. The lowest BCUT2D eigenvalue weighted by atomic mass is 9.83. The van der Waals surface area contributed by atoms with Crippen molar-refractivity contribution in [1.82, 2.24) is 9.71 Å². The highest BCUT2D eigenvalue weighted by Crippen LogP contribution is 2.35. The van der Waals surface area contributed by atoms with E-state index in [4.69, 9.17) is 4.74 Å². The predicted octanol–water partition coefficient (Wildman–Crippen LogP) is 3.69. The Kier molecular flexibility index (Phi) is 6.77. The highest BCUT2D eigenvalue weighted by Gasteiger charge is 2.38. The maximum atomic E-state index is 11.9. The summed E-state index contributed by atoms with van der Waals surface area (Å²) in [7, 11) is -3.27. The van der Waals surface area contributed by atoms with Crippen LogP contribution in [0.1, 0.15) is 49.3 Å². The van der Waals surface area contributed by atoms with Crippen molar-refractivity contribution in [3.05, 3.63) is 47.1 Å². The fraction of sp³-hybridized carbons (Fsp3) is 0.591. The van der Waals surface area contributed by atoms with Gasteiger partial charge in [-0.1, -0.05) is 30.3 Å². The summed E-state index contributed by atoms with van der Waals surface area (Å²) in [6, 6.07) is 10.6. The number of hydrogen-bond donors (Lipinski definition) is 1. The van der Waals surface area contributed by atoms with Gasteiger partial charge in [-0.2, -0.15) is 0 Å². The molecule has 6 nitrogen and oxygen atoms in total. The Bertz CT molecular complexity index is 924. The fourth-order valence-corrected chi connectivity index (χ4v) is 6.54. The molecule has 1 aliphatic carbocycles. The zero-order chi connectivity index (χ0) is 21.1. The van der Waals surface area contributed by atoms with Crippen LogP contribution in [-0.2, 0) is 14.8 Å². The van der Waals surface area contributed by atoms with E-state index in [9.17, 15) is 8.42 Å². The molecule has 1 N–H and O–H groups in total. The molecular weight excluding hydrogens is 418 g/mol. The topological polar surface area (TPSA) is 71.5 Å². The van der Waals surface area contributed by atoms with Gasteiger partial charge >= 0.3 is 0 Å². The second kappa shape index (κ2) is 9.34. The van der Waals surface area contributed by atoms with Gasteiger partial charge < -0.3 is 9.64 Å². The molecule has 2 aliphatic rings. The molecule has 1 saturated carbocycles. The summed E-state index contributed by atoms with van der Waals surface area (Å²) in [5, 5.41) is 1.12. The number of aryl methyl sites for hydroxylation is 1. The van der Waals surface area contributed by atoms with Gasteiger partial charge in [-0.15, -0.1) is 11.3 Å². The third kappa shape index (κ3) is 5.22.